The van der Waals surface area contributed by atoms with Crippen LogP contribution in [0.5, 0.6) is 11.5 Å². The van der Waals surface area contributed by atoms with E-state index in [0.29, 0.717) is 35.2 Å². The van der Waals surface area contributed by atoms with Crippen LogP contribution in [0, 0.1) is 0 Å². The lowest BCUT2D eigenvalue weighted by molar-refractivity contribution is -0.136. The smallest absolute Gasteiger partial charge is 0.254 e. The van der Waals surface area contributed by atoms with Crippen LogP contribution in [-0.2, 0) is 11.2 Å². The van der Waals surface area contributed by atoms with Crippen LogP contribution in [0.25, 0.3) is 0 Å². The number of hydrogen-bond donors (Lipinski definition) is 0. The minimum atomic E-state index is -0.237. The molecular weight excluding hydrogens is 496 g/mol. The molecule has 0 fully saturated rings. The molecule has 190 valence electrons. The third-order valence-corrected chi connectivity index (χ3v) is 7.86. The predicted molar refractivity (Wildman–Crippen MR) is 143 cm³/mol. The maximum atomic E-state index is 13.7. The fraction of sp³-hybridized carbons (Fsp3) is 0.357. The molecule has 2 aromatic carbocycles. The summed E-state index contributed by atoms with van der Waals surface area (Å²) in [6, 6.07) is 16.0. The highest BCUT2D eigenvalue weighted by atomic mass is 35.5. The quantitative estimate of drug-likeness (QED) is 0.350. The number of rotatable bonds is 9. The van der Waals surface area contributed by atoms with Crippen molar-refractivity contribution in [2.45, 2.75) is 38.8 Å². The molecule has 2 atom stereocenters. The highest BCUT2D eigenvalue weighted by Crippen LogP contribution is 2.34. The molecule has 1 aromatic heterocycles. The number of ether oxygens (including phenoxy) is 2. The normalized spacial score (nSPS) is 15.7. The molecule has 0 spiro atoms. The van der Waals surface area contributed by atoms with Crippen LogP contribution < -0.4 is 9.47 Å². The molecule has 8 heteroatoms. The Kier molecular flexibility index (Phi) is 8.54. The molecule has 2 unspecified atom stereocenters. The van der Waals surface area contributed by atoms with E-state index in [-0.39, 0.29) is 30.4 Å². The molecule has 1 aliphatic rings. The molecule has 0 saturated heterocycles. The first-order valence-corrected chi connectivity index (χ1v) is 13.4. The van der Waals surface area contributed by atoms with E-state index < -0.39 is 0 Å². The minimum absolute atomic E-state index is 0.00448. The van der Waals surface area contributed by atoms with Crippen LogP contribution in [-0.4, -0.2) is 54.5 Å². The van der Waals surface area contributed by atoms with Gasteiger partial charge in [0.1, 0.15) is 24.7 Å². The highest BCUT2D eigenvalue weighted by Gasteiger charge is 2.34. The summed E-state index contributed by atoms with van der Waals surface area (Å²) in [5, 5.41) is 2.55. The van der Waals surface area contributed by atoms with Gasteiger partial charge in [-0.1, -0.05) is 30.7 Å². The van der Waals surface area contributed by atoms with Crippen LogP contribution in [0.2, 0.25) is 5.02 Å². The summed E-state index contributed by atoms with van der Waals surface area (Å²) in [6.45, 7) is 4.87. The second-order valence-corrected chi connectivity index (χ2v) is 10.3. The summed E-state index contributed by atoms with van der Waals surface area (Å²) >= 11 is 7.83. The Hall–Kier alpha value is -3.03. The van der Waals surface area contributed by atoms with Crippen molar-refractivity contribution in [1.29, 1.82) is 0 Å². The first-order valence-electron chi connectivity index (χ1n) is 12.1. The molecular formula is C28H31ClN2O4S. The number of methoxy groups -OCH3 is 1. The van der Waals surface area contributed by atoms with Crippen LogP contribution in [0.15, 0.2) is 60.0 Å². The van der Waals surface area contributed by atoms with Gasteiger partial charge in [-0.2, -0.15) is 0 Å². The Morgan fingerprint density at radius 3 is 2.69 bits per heavy atom. The zero-order valence-electron chi connectivity index (χ0n) is 20.8. The van der Waals surface area contributed by atoms with Crippen molar-refractivity contribution >= 4 is 34.8 Å². The molecule has 0 aliphatic carbocycles. The third-order valence-electron chi connectivity index (χ3n) is 6.63. The number of nitrogens with zero attached hydrogens (tertiary/aromatic N) is 2. The first kappa shape index (κ1) is 26.0. The summed E-state index contributed by atoms with van der Waals surface area (Å²) < 4.78 is 11.4. The lowest BCUT2D eigenvalue weighted by Crippen LogP contribution is -2.49. The van der Waals surface area contributed by atoms with Gasteiger partial charge in [-0.3, -0.25) is 9.59 Å². The highest BCUT2D eigenvalue weighted by molar-refractivity contribution is 7.10. The summed E-state index contributed by atoms with van der Waals surface area (Å²) in [6.07, 6.45) is 1.52. The van der Waals surface area contributed by atoms with Gasteiger partial charge < -0.3 is 19.3 Å². The number of halogens is 1. The third kappa shape index (κ3) is 5.85. The van der Waals surface area contributed by atoms with Crippen molar-refractivity contribution in [2.75, 3.05) is 26.8 Å². The fourth-order valence-corrected chi connectivity index (χ4v) is 5.53. The second kappa shape index (κ2) is 11.8. The van der Waals surface area contributed by atoms with Gasteiger partial charge in [0.15, 0.2) is 0 Å². The molecule has 1 aliphatic heterocycles. The molecule has 2 amide bonds. The van der Waals surface area contributed by atoms with Gasteiger partial charge >= 0.3 is 0 Å². The molecule has 6 nitrogen and oxygen atoms in total. The fourth-order valence-electron chi connectivity index (χ4n) is 4.41. The largest absolute Gasteiger partial charge is 0.497 e. The molecule has 0 radical (unpaired) electrons. The molecule has 0 saturated carbocycles. The van der Waals surface area contributed by atoms with Crippen molar-refractivity contribution in [2.24, 2.45) is 0 Å². The number of fused-ring (bicyclic) bond motifs is 1. The van der Waals surface area contributed by atoms with Crippen LogP contribution in [0.4, 0.5) is 0 Å². The zero-order valence-corrected chi connectivity index (χ0v) is 22.3. The monoisotopic (exact) mass is 526 g/mol. The van der Waals surface area contributed by atoms with Gasteiger partial charge in [-0.25, -0.2) is 0 Å². The Bertz CT molecular complexity index is 1210. The number of hydrogen-bond acceptors (Lipinski definition) is 5. The van der Waals surface area contributed by atoms with Gasteiger partial charge in [-0.05, 0) is 67.1 Å². The number of benzene rings is 2. The second-order valence-electron chi connectivity index (χ2n) is 8.84. The molecule has 3 aromatic rings. The van der Waals surface area contributed by atoms with Gasteiger partial charge in [0, 0.05) is 34.1 Å². The maximum Gasteiger partial charge on any atom is 0.254 e. The lowest BCUT2D eigenvalue weighted by atomic mass is 10.00. The number of amides is 2. The SMILES string of the molecule is CCC(C)N(CC(=O)N1CCc2sccc2C1COc1cccc(OC)c1)C(=O)c1cccc(Cl)c1. The van der Waals surface area contributed by atoms with E-state index in [2.05, 4.69) is 11.4 Å². The topological polar surface area (TPSA) is 59.1 Å². The standard InChI is InChI=1S/C28H31ClN2O4S/c1-4-19(2)31(28(33)20-7-5-8-21(29)15-20)17-27(32)30-13-11-26-24(12-14-36-26)25(30)18-35-23-10-6-9-22(16-23)34-3/h5-10,12,14-16,19,25H,4,11,13,17-18H2,1-3H3. The van der Waals surface area contributed by atoms with Gasteiger partial charge in [0.25, 0.3) is 5.91 Å². The van der Waals surface area contributed by atoms with E-state index in [1.165, 1.54) is 4.88 Å². The predicted octanol–water partition coefficient (Wildman–Crippen LogP) is 5.86. The van der Waals surface area contributed by atoms with E-state index in [4.69, 9.17) is 21.1 Å². The maximum absolute atomic E-state index is 13.7. The van der Waals surface area contributed by atoms with Crippen LogP contribution in [0.1, 0.15) is 47.1 Å². The van der Waals surface area contributed by atoms with E-state index in [1.807, 2.05) is 43.0 Å². The summed E-state index contributed by atoms with van der Waals surface area (Å²) in [4.78, 5) is 31.9. The van der Waals surface area contributed by atoms with Crippen molar-refractivity contribution in [1.82, 2.24) is 9.80 Å². The number of carbonyl (C=O) groups excluding carboxylic acids is 2. The summed E-state index contributed by atoms with van der Waals surface area (Å²) in [5.74, 6) is 1.10. The first-order chi connectivity index (χ1) is 17.4. The van der Waals surface area contributed by atoms with Crippen molar-refractivity contribution < 1.29 is 19.1 Å². The van der Waals surface area contributed by atoms with Gasteiger partial charge in [0.05, 0.1) is 13.2 Å². The summed E-state index contributed by atoms with van der Waals surface area (Å²) in [7, 11) is 1.62. The van der Waals surface area contributed by atoms with E-state index in [9.17, 15) is 9.59 Å². The Labute approximate surface area is 221 Å². The minimum Gasteiger partial charge on any atom is -0.497 e. The molecule has 0 N–H and O–H groups in total. The molecule has 0 bridgehead atoms. The zero-order chi connectivity index (χ0) is 25.7. The Morgan fingerprint density at radius 1 is 1.17 bits per heavy atom. The van der Waals surface area contributed by atoms with Crippen LogP contribution >= 0.6 is 22.9 Å². The Balaban J connectivity index is 1.55. The average Bonchev–Trinajstić information content (AvgIpc) is 3.38. The Morgan fingerprint density at radius 2 is 1.94 bits per heavy atom. The van der Waals surface area contributed by atoms with Crippen LogP contribution in [0.3, 0.4) is 0 Å². The number of thiophene rings is 1. The van der Waals surface area contributed by atoms with Crippen molar-refractivity contribution in [3.8, 4) is 11.5 Å². The average molecular weight is 527 g/mol. The molecule has 36 heavy (non-hydrogen) atoms. The van der Waals surface area contributed by atoms with E-state index in [0.717, 1.165) is 18.4 Å². The molecule has 2 heterocycles. The van der Waals surface area contributed by atoms with Crippen molar-refractivity contribution in [3.05, 3.63) is 81.0 Å². The lowest BCUT2D eigenvalue weighted by Gasteiger charge is -2.38. The number of carbonyl (C=O) groups is 2. The van der Waals surface area contributed by atoms with E-state index >= 15 is 0 Å². The molecule has 4 rings (SSSR count). The van der Waals surface area contributed by atoms with Gasteiger partial charge in [0.2, 0.25) is 5.91 Å². The van der Waals surface area contributed by atoms with E-state index in [1.54, 1.807) is 47.6 Å². The van der Waals surface area contributed by atoms with Crippen molar-refractivity contribution in [3.63, 3.8) is 0 Å². The van der Waals surface area contributed by atoms with Gasteiger partial charge in [-0.15, -0.1) is 11.3 Å². The summed E-state index contributed by atoms with van der Waals surface area (Å²) in [5.41, 5.74) is 1.59.